The van der Waals surface area contributed by atoms with Crippen LogP contribution in [-0.2, 0) is 6.54 Å². The van der Waals surface area contributed by atoms with Crippen molar-refractivity contribution in [3.05, 3.63) is 70.1 Å². The van der Waals surface area contributed by atoms with Crippen molar-refractivity contribution in [3.63, 3.8) is 0 Å². The third kappa shape index (κ3) is 3.14. The third-order valence-corrected chi connectivity index (χ3v) is 5.40. The summed E-state index contributed by atoms with van der Waals surface area (Å²) in [7, 11) is 0. The van der Waals surface area contributed by atoms with Crippen LogP contribution in [0.5, 0.6) is 0 Å². The van der Waals surface area contributed by atoms with Crippen LogP contribution in [0.3, 0.4) is 0 Å². The van der Waals surface area contributed by atoms with E-state index in [0.717, 1.165) is 37.1 Å². The molecule has 2 unspecified atom stereocenters. The summed E-state index contributed by atoms with van der Waals surface area (Å²) in [6.45, 7) is 7.35. The summed E-state index contributed by atoms with van der Waals surface area (Å²) in [6, 6.07) is 17.1. The first-order valence-corrected chi connectivity index (χ1v) is 9.09. The molecule has 0 amide bonds. The van der Waals surface area contributed by atoms with Crippen molar-refractivity contribution in [2.75, 3.05) is 13.1 Å². The van der Waals surface area contributed by atoms with Crippen LogP contribution < -0.4 is 5.69 Å². The summed E-state index contributed by atoms with van der Waals surface area (Å²) in [4.78, 5) is 18.1. The Bertz CT molecular complexity index is 925. The van der Waals surface area contributed by atoms with Crippen molar-refractivity contribution in [1.82, 2.24) is 14.5 Å². The number of imidazole rings is 1. The number of nitrogens with one attached hydrogen (secondary N) is 1. The molecule has 3 aromatic rings. The van der Waals surface area contributed by atoms with Crippen molar-refractivity contribution < 1.29 is 0 Å². The molecule has 1 aliphatic rings. The largest absolute Gasteiger partial charge is 0.326 e. The minimum atomic E-state index is 0.0222. The van der Waals surface area contributed by atoms with Gasteiger partial charge in [-0.15, -0.1) is 0 Å². The second kappa shape index (κ2) is 6.52. The van der Waals surface area contributed by atoms with Crippen LogP contribution in [0.15, 0.2) is 53.3 Å². The first kappa shape index (κ1) is 16.2. The summed E-state index contributed by atoms with van der Waals surface area (Å²) in [5, 5.41) is 0. The number of piperidine rings is 1. The standard InChI is InChI=1S/C21H25N3O/c1-15-8-9-20-18(12-15)22-21(25)24(20)19-10-11-23(13-16(19)2)14-17-6-4-3-5-7-17/h3-9,12,16,19H,10-11,13-14H2,1-2H3,(H,22,25). The smallest absolute Gasteiger partial charge is 0.306 e. The fourth-order valence-electron chi connectivity index (χ4n) is 4.16. The molecule has 2 aromatic carbocycles. The maximum Gasteiger partial charge on any atom is 0.326 e. The maximum absolute atomic E-state index is 12.6. The monoisotopic (exact) mass is 335 g/mol. The number of benzene rings is 2. The van der Waals surface area contributed by atoms with Crippen LogP contribution in [0.2, 0.25) is 0 Å². The average molecular weight is 335 g/mol. The first-order chi connectivity index (χ1) is 12.1. The molecule has 2 atom stereocenters. The molecule has 1 N–H and O–H groups in total. The number of nitrogens with zero attached hydrogens (tertiary/aromatic N) is 2. The minimum Gasteiger partial charge on any atom is -0.306 e. The Labute approximate surface area is 148 Å². The van der Waals surface area contributed by atoms with E-state index in [-0.39, 0.29) is 11.7 Å². The van der Waals surface area contributed by atoms with Crippen LogP contribution >= 0.6 is 0 Å². The highest BCUT2D eigenvalue weighted by Gasteiger charge is 2.29. The highest BCUT2D eigenvalue weighted by Crippen LogP contribution is 2.30. The van der Waals surface area contributed by atoms with Gasteiger partial charge in [-0.2, -0.15) is 0 Å². The quantitative estimate of drug-likeness (QED) is 0.792. The number of aromatic nitrogens is 2. The van der Waals surface area contributed by atoms with E-state index in [2.05, 4.69) is 72.3 Å². The summed E-state index contributed by atoms with van der Waals surface area (Å²) in [6.07, 6.45) is 1.01. The van der Waals surface area contributed by atoms with Gasteiger partial charge in [0.15, 0.2) is 0 Å². The molecule has 0 spiro atoms. The Kier molecular flexibility index (Phi) is 4.22. The lowest BCUT2D eigenvalue weighted by Crippen LogP contribution is -2.41. The summed E-state index contributed by atoms with van der Waals surface area (Å²) >= 11 is 0. The lowest BCUT2D eigenvalue weighted by molar-refractivity contribution is 0.127. The molecule has 0 aliphatic carbocycles. The van der Waals surface area contributed by atoms with E-state index in [1.165, 1.54) is 11.1 Å². The number of likely N-dealkylation sites (tertiary alicyclic amines) is 1. The molecule has 25 heavy (non-hydrogen) atoms. The van der Waals surface area contributed by atoms with Crippen LogP contribution in [0.1, 0.15) is 30.5 Å². The summed E-state index contributed by atoms with van der Waals surface area (Å²) in [5.74, 6) is 0.440. The van der Waals surface area contributed by atoms with Gasteiger partial charge in [0.25, 0.3) is 0 Å². The zero-order valence-electron chi connectivity index (χ0n) is 14.9. The predicted octanol–water partition coefficient (Wildman–Crippen LogP) is 3.72. The molecular weight excluding hydrogens is 310 g/mol. The fraction of sp³-hybridized carbons (Fsp3) is 0.381. The maximum atomic E-state index is 12.6. The van der Waals surface area contributed by atoms with Crippen LogP contribution in [-0.4, -0.2) is 27.5 Å². The van der Waals surface area contributed by atoms with Crippen molar-refractivity contribution in [2.24, 2.45) is 5.92 Å². The molecule has 0 bridgehead atoms. The Hall–Kier alpha value is -2.33. The lowest BCUT2D eigenvalue weighted by atomic mass is 9.93. The molecule has 130 valence electrons. The molecule has 0 radical (unpaired) electrons. The van der Waals surface area contributed by atoms with Gasteiger partial charge in [-0.25, -0.2) is 4.79 Å². The highest BCUT2D eigenvalue weighted by molar-refractivity contribution is 5.76. The fourth-order valence-corrected chi connectivity index (χ4v) is 4.16. The number of fused-ring (bicyclic) bond motifs is 1. The Balaban J connectivity index is 1.56. The predicted molar refractivity (Wildman–Crippen MR) is 102 cm³/mol. The molecule has 1 aliphatic heterocycles. The van der Waals surface area contributed by atoms with Crippen molar-refractivity contribution in [2.45, 2.75) is 32.9 Å². The van der Waals surface area contributed by atoms with Crippen LogP contribution in [0, 0.1) is 12.8 Å². The second-order valence-corrected chi connectivity index (χ2v) is 7.37. The van der Waals surface area contributed by atoms with Gasteiger partial charge in [0.1, 0.15) is 0 Å². The zero-order chi connectivity index (χ0) is 17.4. The highest BCUT2D eigenvalue weighted by atomic mass is 16.1. The topological polar surface area (TPSA) is 41.0 Å². The van der Waals surface area contributed by atoms with E-state index in [4.69, 9.17) is 0 Å². The van der Waals surface area contributed by atoms with Gasteiger partial charge in [0.2, 0.25) is 0 Å². The minimum absolute atomic E-state index is 0.0222. The zero-order valence-corrected chi connectivity index (χ0v) is 14.9. The second-order valence-electron chi connectivity index (χ2n) is 7.37. The summed E-state index contributed by atoms with van der Waals surface area (Å²) in [5.41, 5.74) is 4.53. The number of hydrogen-bond donors (Lipinski definition) is 1. The molecule has 2 heterocycles. The Morgan fingerprint density at radius 1 is 1.16 bits per heavy atom. The molecule has 4 heteroatoms. The van der Waals surface area contributed by atoms with E-state index in [0.29, 0.717) is 5.92 Å². The number of rotatable bonds is 3. The van der Waals surface area contributed by atoms with E-state index in [1.807, 2.05) is 4.57 Å². The van der Waals surface area contributed by atoms with Gasteiger partial charge in [0, 0.05) is 25.7 Å². The number of H-pyrrole nitrogens is 1. The molecule has 1 aromatic heterocycles. The van der Waals surface area contributed by atoms with Crippen molar-refractivity contribution in [3.8, 4) is 0 Å². The molecule has 4 nitrogen and oxygen atoms in total. The molecule has 0 saturated carbocycles. The third-order valence-electron chi connectivity index (χ3n) is 5.40. The molecule has 1 saturated heterocycles. The van der Waals surface area contributed by atoms with Crippen LogP contribution in [0.25, 0.3) is 11.0 Å². The normalized spacial score (nSPS) is 21.7. The Morgan fingerprint density at radius 3 is 2.72 bits per heavy atom. The lowest BCUT2D eigenvalue weighted by Gasteiger charge is -2.37. The number of hydrogen-bond acceptors (Lipinski definition) is 2. The van der Waals surface area contributed by atoms with Gasteiger partial charge < -0.3 is 4.98 Å². The first-order valence-electron chi connectivity index (χ1n) is 9.09. The molecule has 1 fully saturated rings. The van der Waals surface area contributed by atoms with Gasteiger partial charge in [0.05, 0.1) is 11.0 Å². The number of aromatic amines is 1. The molecular formula is C21H25N3O. The van der Waals surface area contributed by atoms with E-state index in [9.17, 15) is 4.79 Å². The summed E-state index contributed by atoms with van der Waals surface area (Å²) < 4.78 is 1.99. The van der Waals surface area contributed by atoms with Crippen molar-refractivity contribution in [1.29, 1.82) is 0 Å². The van der Waals surface area contributed by atoms with E-state index >= 15 is 0 Å². The van der Waals surface area contributed by atoms with Gasteiger partial charge in [-0.1, -0.05) is 43.3 Å². The molecule has 4 rings (SSSR count). The van der Waals surface area contributed by atoms with Crippen molar-refractivity contribution >= 4 is 11.0 Å². The van der Waals surface area contributed by atoms with Crippen LogP contribution in [0.4, 0.5) is 0 Å². The SMILES string of the molecule is Cc1ccc2c(c1)[nH]c(=O)n2C1CCN(Cc2ccccc2)CC1C. The average Bonchev–Trinajstić information content (AvgIpc) is 2.91. The van der Waals surface area contributed by atoms with Gasteiger partial charge >= 0.3 is 5.69 Å². The van der Waals surface area contributed by atoms with Gasteiger partial charge in [-0.3, -0.25) is 9.47 Å². The number of aryl methyl sites for hydroxylation is 1. The van der Waals surface area contributed by atoms with Gasteiger partial charge in [-0.05, 0) is 42.5 Å². The Morgan fingerprint density at radius 2 is 1.96 bits per heavy atom. The van der Waals surface area contributed by atoms with E-state index < -0.39 is 0 Å². The van der Waals surface area contributed by atoms with E-state index in [1.54, 1.807) is 0 Å².